The number of aliphatic hydroxyl groups is 1. The number of carbonyl (C=O) groups is 2. The molecular formula is C71H130O5. The monoisotopic (exact) mass is 1060 g/mol. The molecule has 0 radical (unpaired) electrons. The minimum atomic E-state index is -0.773. The van der Waals surface area contributed by atoms with Crippen LogP contribution in [0.25, 0.3) is 0 Å². The van der Waals surface area contributed by atoms with Crippen molar-refractivity contribution in [3.63, 3.8) is 0 Å². The Hall–Kier alpha value is -2.40. The molecule has 0 rings (SSSR count). The molecule has 5 nitrogen and oxygen atoms in total. The molecule has 0 aliphatic carbocycles. The average Bonchev–Trinajstić information content (AvgIpc) is 3.42. The Labute approximate surface area is 474 Å². The van der Waals surface area contributed by atoms with Gasteiger partial charge in [-0.05, 0) is 77.0 Å². The lowest BCUT2D eigenvalue weighted by Crippen LogP contribution is -2.28. The predicted molar refractivity (Wildman–Crippen MR) is 334 cm³/mol. The van der Waals surface area contributed by atoms with Gasteiger partial charge in [-0.3, -0.25) is 9.59 Å². The van der Waals surface area contributed by atoms with E-state index in [9.17, 15) is 14.7 Å². The van der Waals surface area contributed by atoms with Crippen LogP contribution in [-0.4, -0.2) is 36.4 Å². The van der Waals surface area contributed by atoms with Crippen molar-refractivity contribution in [3.8, 4) is 0 Å². The van der Waals surface area contributed by atoms with Gasteiger partial charge in [-0.15, -0.1) is 0 Å². The van der Waals surface area contributed by atoms with Crippen molar-refractivity contribution in [3.05, 3.63) is 60.8 Å². The van der Waals surface area contributed by atoms with Gasteiger partial charge in [-0.25, -0.2) is 0 Å². The molecule has 76 heavy (non-hydrogen) atoms. The van der Waals surface area contributed by atoms with E-state index in [2.05, 4.69) is 74.6 Å². The Morgan fingerprint density at radius 3 is 0.868 bits per heavy atom. The number of hydrogen-bond donors (Lipinski definition) is 1. The third kappa shape index (κ3) is 64.1. The molecule has 1 N–H and O–H groups in total. The summed E-state index contributed by atoms with van der Waals surface area (Å²) in [4.78, 5) is 24.6. The first kappa shape index (κ1) is 73.6. The quantitative estimate of drug-likeness (QED) is 0.0373. The van der Waals surface area contributed by atoms with E-state index in [1.54, 1.807) is 0 Å². The molecule has 1 atom stereocenters. The second-order valence-electron chi connectivity index (χ2n) is 22.9. The fourth-order valence-electron chi connectivity index (χ4n) is 10.3. The van der Waals surface area contributed by atoms with E-state index in [-0.39, 0.29) is 25.2 Å². The van der Waals surface area contributed by atoms with Crippen molar-refractivity contribution in [1.29, 1.82) is 0 Å². The van der Waals surface area contributed by atoms with Crippen molar-refractivity contribution in [2.24, 2.45) is 0 Å². The molecule has 0 saturated heterocycles. The van der Waals surface area contributed by atoms with Crippen LogP contribution in [-0.2, 0) is 19.1 Å². The molecule has 0 amide bonds. The first-order valence-corrected chi connectivity index (χ1v) is 33.8. The molecule has 5 heteroatoms. The number of carbonyl (C=O) groups excluding carboxylic acids is 2. The fourth-order valence-corrected chi connectivity index (χ4v) is 10.3. The van der Waals surface area contributed by atoms with Gasteiger partial charge in [0.05, 0.1) is 6.61 Å². The molecule has 0 aromatic heterocycles. The molecule has 0 aromatic rings. The molecule has 0 spiro atoms. The van der Waals surface area contributed by atoms with Crippen LogP contribution in [0.15, 0.2) is 60.8 Å². The molecule has 0 heterocycles. The van der Waals surface area contributed by atoms with Crippen LogP contribution in [0, 0.1) is 0 Å². The Morgan fingerprint density at radius 1 is 0.316 bits per heavy atom. The van der Waals surface area contributed by atoms with E-state index in [4.69, 9.17) is 9.47 Å². The average molecular weight is 1060 g/mol. The molecule has 0 fully saturated rings. The van der Waals surface area contributed by atoms with Gasteiger partial charge < -0.3 is 14.6 Å². The Kier molecular flexibility index (Phi) is 64.8. The number of allylic oxidation sites excluding steroid dienone is 10. The van der Waals surface area contributed by atoms with E-state index in [1.165, 1.54) is 270 Å². The lowest BCUT2D eigenvalue weighted by Gasteiger charge is -2.15. The summed E-state index contributed by atoms with van der Waals surface area (Å²) < 4.78 is 10.8. The Balaban J connectivity index is 3.40. The van der Waals surface area contributed by atoms with E-state index in [0.717, 1.165) is 64.2 Å². The minimum absolute atomic E-state index is 0.0619. The highest BCUT2D eigenvalue weighted by atomic mass is 16.6. The predicted octanol–water partition coefficient (Wildman–Crippen LogP) is 23.3. The highest BCUT2D eigenvalue weighted by Crippen LogP contribution is 2.18. The fraction of sp³-hybridized carbons (Fsp3) is 0.831. The van der Waals surface area contributed by atoms with Crippen molar-refractivity contribution in [1.82, 2.24) is 0 Å². The third-order valence-corrected chi connectivity index (χ3v) is 15.3. The summed E-state index contributed by atoms with van der Waals surface area (Å²) in [5.41, 5.74) is 0. The van der Waals surface area contributed by atoms with E-state index in [1.807, 2.05) is 0 Å². The molecular weight excluding hydrogens is 933 g/mol. The second kappa shape index (κ2) is 66.9. The summed E-state index contributed by atoms with van der Waals surface area (Å²) in [5.74, 6) is -0.572. The Bertz CT molecular complexity index is 1300. The first-order chi connectivity index (χ1) is 37.6. The molecule has 0 aliphatic heterocycles. The van der Waals surface area contributed by atoms with Crippen molar-refractivity contribution >= 4 is 11.9 Å². The number of ether oxygens (including phenoxy) is 2. The number of aliphatic hydroxyl groups excluding tert-OH is 1. The summed E-state index contributed by atoms with van der Waals surface area (Å²) in [6, 6.07) is 0. The molecule has 444 valence electrons. The number of rotatable bonds is 63. The lowest BCUT2D eigenvalue weighted by molar-refractivity contribution is -0.161. The van der Waals surface area contributed by atoms with E-state index in [0.29, 0.717) is 12.8 Å². The first-order valence-electron chi connectivity index (χ1n) is 33.8. The van der Waals surface area contributed by atoms with E-state index < -0.39 is 6.10 Å². The van der Waals surface area contributed by atoms with Crippen molar-refractivity contribution in [2.45, 2.75) is 367 Å². The molecule has 0 aliphatic rings. The van der Waals surface area contributed by atoms with Gasteiger partial charge in [0.15, 0.2) is 6.10 Å². The highest BCUT2D eigenvalue weighted by molar-refractivity contribution is 5.70. The van der Waals surface area contributed by atoms with Gasteiger partial charge in [0.1, 0.15) is 6.61 Å². The Morgan fingerprint density at radius 2 is 0.566 bits per heavy atom. The third-order valence-electron chi connectivity index (χ3n) is 15.3. The van der Waals surface area contributed by atoms with Gasteiger partial charge in [0.25, 0.3) is 0 Å². The molecule has 0 aromatic carbocycles. The number of unbranched alkanes of at least 4 members (excludes halogenated alkanes) is 45. The zero-order chi connectivity index (χ0) is 54.8. The van der Waals surface area contributed by atoms with Crippen molar-refractivity contribution in [2.75, 3.05) is 13.2 Å². The van der Waals surface area contributed by atoms with Crippen LogP contribution in [0.2, 0.25) is 0 Å². The van der Waals surface area contributed by atoms with E-state index >= 15 is 0 Å². The van der Waals surface area contributed by atoms with Gasteiger partial charge >= 0.3 is 11.9 Å². The molecule has 0 bridgehead atoms. The van der Waals surface area contributed by atoms with Gasteiger partial charge in [0.2, 0.25) is 0 Å². The van der Waals surface area contributed by atoms with Gasteiger partial charge in [-0.2, -0.15) is 0 Å². The smallest absolute Gasteiger partial charge is 0.306 e. The van der Waals surface area contributed by atoms with Crippen LogP contribution in [0.1, 0.15) is 361 Å². The van der Waals surface area contributed by atoms with Crippen molar-refractivity contribution < 1.29 is 24.2 Å². The summed E-state index contributed by atoms with van der Waals surface area (Å²) in [6.07, 6.45) is 91.1. The number of esters is 2. The maximum atomic E-state index is 12.4. The van der Waals surface area contributed by atoms with Gasteiger partial charge in [0, 0.05) is 12.8 Å². The highest BCUT2D eigenvalue weighted by Gasteiger charge is 2.16. The van der Waals surface area contributed by atoms with Crippen LogP contribution < -0.4 is 0 Å². The topological polar surface area (TPSA) is 72.8 Å². The van der Waals surface area contributed by atoms with Crippen LogP contribution >= 0.6 is 0 Å². The summed E-state index contributed by atoms with van der Waals surface area (Å²) in [7, 11) is 0. The summed E-state index contributed by atoms with van der Waals surface area (Å²) in [6.45, 7) is 4.08. The lowest BCUT2D eigenvalue weighted by atomic mass is 10.0. The normalized spacial score (nSPS) is 12.5. The van der Waals surface area contributed by atoms with Crippen LogP contribution in [0.5, 0.6) is 0 Å². The largest absolute Gasteiger partial charge is 0.462 e. The maximum Gasteiger partial charge on any atom is 0.306 e. The minimum Gasteiger partial charge on any atom is -0.462 e. The number of hydrogen-bond acceptors (Lipinski definition) is 5. The van der Waals surface area contributed by atoms with Gasteiger partial charge in [-0.1, -0.05) is 331 Å². The zero-order valence-electron chi connectivity index (χ0n) is 51.0. The SMILES string of the molecule is CC/C=C\C/C=C\C/C=C\C/C=C\CCCCCCCCCCCCCCCCCCC(=O)OC(CO)COC(=O)CCCCCCCCCCCCCCCCCCCCCCC/C=C\CCCCCCCCCC. The zero-order valence-corrected chi connectivity index (χ0v) is 51.0. The standard InChI is InChI=1S/C71H130O5/c1-3-5-7-9-11-13-15-17-19-21-23-25-27-29-31-33-34-35-36-38-39-41-43-45-47-49-51-53-55-57-59-61-63-65-70(73)75-68-69(67-72)76-71(74)66-64-62-60-58-56-54-52-50-48-46-44-42-40-37-32-30-28-26-24-22-20-18-16-14-12-10-8-6-4-2/h6,8,12,14,18,20-21,23-24,26,69,72H,3-5,7,9-11,13,15-17,19,22,25,27-68H2,1-2H3/b8-6-,14-12-,20-18-,23-21-,26-24-. The maximum absolute atomic E-state index is 12.4. The molecule has 1 unspecified atom stereocenters. The summed E-state index contributed by atoms with van der Waals surface area (Å²) in [5, 5.41) is 9.70. The molecule has 0 saturated carbocycles. The summed E-state index contributed by atoms with van der Waals surface area (Å²) >= 11 is 0. The van der Waals surface area contributed by atoms with Crippen LogP contribution in [0.3, 0.4) is 0 Å². The van der Waals surface area contributed by atoms with Crippen LogP contribution in [0.4, 0.5) is 0 Å². The second-order valence-corrected chi connectivity index (χ2v) is 22.9.